The van der Waals surface area contributed by atoms with Crippen LogP contribution < -0.4 is 0 Å². The molecule has 0 aliphatic rings. The summed E-state index contributed by atoms with van der Waals surface area (Å²) in [6.07, 6.45) is 0. The summed E-state index contributed by atoms with van der Waals surface area (Å²) in [6.45, 7) is 0. The third kappa shape index (κ3) is 3.32. The van der Waals surface area contributed by atoms with E-state index in [1.165, 1.54) is 21.9 Å². The van der Waals surface area contributed by atoms with E-state index in [2.05, 4.69) is 97.1 Å². The van der Waals surface area contributed by atoms with Crippen molar-refractivity contribution in [3.63, 3.8) is 0 Å². The number of aromatic nitrogens is 2. The van der Waals surface area contributed by atoms with E-state index in [-0.39, 0.29) is 0 Å². The fourth-order valence-corrected chi connectivity index (χ4v) is 4.19. The molecular formula is C30H20N2. The van der Waals surface area contributed by atoms with Crippen LogP contribution in [0.2, 0.25) is 0 Å². The molecule has 0 N–H and O–H groups in total. The Kier molecular flexibility index (Phi) is 4.47. The van der Waals surface area contributed by atoms with E-state index in [4.69, 9.17) is 9.97 Å². The quantitative estimate of drug-likeness (QED) is 0.279. The Morgan fingerprint density at radius 2 is 0.719 bits per heavy atom. The highest BCUT2D eigenvalue weighted by Crippen LogP contribution is 2.33. The van der Waals surface area contributed by atoms with Gasteiger partial charge in [-0.1, -0.05) is 109 Å². The van der Waals surface area contributed by atoms with Gasteiger partial charge >= 0.3 is 0 Å². The van der Waals surface area contributed by atoms with Crippen LogP contribution in [0.4, 0.5) is 0 Å². The molecule has 6 rings (SSSR count). The second kappa shape index (κ2) is 7.75. The second-order valence-corrected chi connectivity index (χ2v) is 7.92. The summed E-state index contributed by atoms with van der Waals surface area (Å²) in [7, 11) is 0. The summed E-state index contributed by atoms with van der Waals surface area (Å²) in [5.41, 5.74) is 8.15. The maximum Gasteiger partial charge on any atom is 0.0973 e. The van der Waals surface area contributed by atoms with Crippen molar-refractivity contribution in [3.8, 4) is 33.6 Å². The van der Waals surface area contributed by atoms with Crippen LogP contribution in [0.1, 0.15) is 0 Å². The molecule has 0 unspecified atom stereocenters. The molecule has 0 amide bonds. The van der Waals surface area contributed by atoms with Gasteiger partial charge in [0.15, 0.2) is 0 Å². The van der Waals surface area contributed by atoms with Crippen molar-refractivity contribution in [2.75, 3.05) is 0 Å². The Balaban J connectivity index is 1.56. The molecule has 0 saturated carbocycles. The van der Waals surface area contributed by atoms with Gasteiger partial charge in [0.25, 0.3) is 0 Å². The molecule has 0 bridgehead atoms. The zero-order valence-corrected chi connectivity index (χ0v) is 17.4. The highest BCUT2D eigenvalue weighted by atomic mass is 14.8. The van der Waals surface area contributed by atoms with E-state index in [0.717, 1.165) is 33.5 Å². The van der Waals surface area contributed by atoms with Crippen molar-refractivity contribution in [2.24, 2.45) is 0 Å². The van der Waals surface area contributed by atoms with Gasteiger partial charge in [-0.3, -0.25) is 0 Å². The van der Waals surface area contributed by atoms with Crippen molar-refractivity contribution in [2.45, 2.75) is 0 Å². The number of hydrogen-bond donors (Lipinski definition) is 0. The van der Waals surface area contributed by atoms with Crippen LogP contribution in [0.15, 0.2) is 121 Å². The predicted molar refractivity (Wildman–Crippen MR) is 133 cm³/mol. The van der Waals surface area contributed by atoms with Crippen LogP contribution >= 0.6 is 0 Å². The van der Waals surface area contributed by atoms with Gasteiger partial charge in [0.2, 0.25) is 0 Å². The van der Waals surface area contributed by atoms with Crippen LogP contribution in [0.25, 0.3) is 55.4 Å². The summed E-state index contributed by atoms with van der Waals surface area (Å²) >= 11 is 0. The zero-order chi connectivity index (χ0) is 21.3. The minimum atomic E-state index is 0.901. The minimum Gasteiger partial charge on any atom is -0.244 e. The van der Waals surface area contributed by atoms with Gasteiger partial charge in [-0.05, 0) is 34.0 Å². The molecular weight excluding hydrogens is 388 g/mol. The van der Waals surface area contributed by atoms with Crippen LogP contribution in [0.5, 0.6) is 0 Å². The first kappa shape index (κ1) is 18.5. The Labute approximate surface area is 186 Å². The Morgan fingerprint density at radius 3 is 1.25 bits per heavy atom. The first-order chi connectivity index (χ1) is 15.8. The molecule has 2 heteroatoms. The van der Waals surface area contributed by atoms with Crippen molar-refractivity contribution in [3.05, 3.63) is 121 Å². The van der Waals surface area contributed by atoms with Crippen molar-refractivity contribution < 1.29 is 0 Å². The molecule has 0 aliphatic heterocycles. The highest BCUT2D eigenvalue weighted by Gasteiger charge is 2.14. The van der Waals surface area contributed by atoms with E-state index in [9.17, 15) is 0 Å². The minimum absolute atomic E-state index is 0.901. The van der Waals surface area contributed by atoms with Crippen molar-refractivity contribution in [1.29, 1.82) is 0 Å². The molecule has 32 heavy (non-hydrogen) atoms. The molecule has 1 heterocycles. The molecule has 2 nitrogen and oxygen atoms in total. The summed E-state index contributed by atoms with van der Waals surface area (Å²) < 4.78 is 0. The molecule has 6 aromatic rings. The van der Waals surface area contributed by atoms with Gasteiger partial charge in [-0.25, -0.2) is 9.97 Å². The predicted octanol–water partition coefficient (Wildman–Crippen LogP) is 7.78. The lowest BCUT2D eigenvalue weighted by Crippen LogP contribution is -1.96. The molecule has 150 valence electrons. The van der Waals surface area contributed by atoms with Gasteiger partial charge in [0.05, 0.1) is 22.4 Å². The summed E-state index contributed by atoms with van der Waals surface area (Å²) in [5.74, 6) is 0. The number of nitrogens with zero attached hydrogens (tertiary/aromatic N) is 2. The van der Waals surface area contributed by atoms with Crippen molar-refractivity contribution in [1.82, 2.24) is 9.97 Å². The van der Waals surface area contributed by atoms with Crippen molar-refractivity contribution >= 4 is 21.8 Å². The van der Waals surface area contributed by atoms with E-state index in [1.54, 1.807) is 0 Å². The molecule has 0 radical (unpaired) electrons. The van der Waals surface area contributed by atoms with Gasteiger partial charge in [0.1, 0.15) is 0 Å². The van der Waals surface area contributed by atoms with E-state index in [0.29, 0.717) is 0 Å². The van der Waals surface area contributed by atoms with E-state index in [1.807, 2.05) is 24.3 Å². The third-order valence-corrected chi connectivity index (χ3v) is 5.84. The molecule has 0 saturated heterocycles. The highest BCUT2D eigenvalue weighted by molar-refractivity contribution is 5.97. The van der Waals surface area contributed by atoms with Crippen LogP contribution in [0, 0.1) is 0 Å². The molecule has 1 aromatic heterocycles. The average Bonchev–Trinajstić information content (AvgIpc) is 2.88. The number of hydrogen-bond acceptors (Lipinski definition) is 2. The Hall–Kier alpha value is -4.30. The average molecular weight is 409 g/mol. The van der Waals surface area contributed by atoms with Gasteiger partial charge < -0.3 is 0 Å². The topological polar surface area (TPSA) is 25.8 Å². The smallest absolute Gasteiger partial charge is 0.0973 e. The maximum atomic E-state index is 5.11. The number of fused-ring (bicyclic) bond motifs is 2. The number of benzene rings is 5. The SMILES string of the molecule is c1ccc(-c2ccc(-c3nc4cc5ccccc5cc4nc3-c3ccccc3)cc2)cc1. The molecule has 5 aromatic carbocycles. The first-order valence-electron chi connectivity index (χ1n) is 10.8. The lowest BCUT2D eigenvalue weighted by atomic mass is 9.99. The zero-order valence-electron chi connectivity index (χ0n) is 17.4. The molecule has 0 aliphatic carbocycles. The molecule has 0 fully saturated rings. The summed E-state index contributed by atoms with van der Waals surface area (Å²) in [5, 5.41) is 2.35. The normalized spacial score (nSPS) is 11.1. The summed E-state index contributed by atoms with van der Waals surface area (Å²) in [4.78, 5) is 10.2. The third-order valence-electron chi connectivity index (χ3n) is 5.84. The maximum absolute atomic E-state index is 5.11. The Bertz CT molecular complexity index is 1540. The van der Waals surface area contributed by atoms with Gasteiger partial charge in [-0.15, -0.1) is 0 Å². The van der Waals surface area contributed by atoms with Gasteiger partial charge in [-0.2, -0.15) is 0 Å². The van der Waals surface area contributed by atoms with E-state index >= 15 is 0 Å². The first-order valence-corrected chi connectivity index (χ1v) is 10.8. The molecule has 0 spiro atoms. The number of rotatable bonds is 3. The Morgan fingerprint density at radius 1 is 0.344 bits per heavy atom. The van der Waals surface area contributed by atoms with Crippen LogP contribution in [-0.4, -0.2) is 9.97 Å². The van der Waals surface area contributed by atoms with Crippen LogP contribution in [0.3, 0.4) is 0 Å². The van der Waals surface area contributed by atoms with Gasteiger partial charge in [0, 0.05) is 11.1 Å². The van der Waals surface area contributed by atoms with Crippen LogP contribution in [-0.2, 0) is 0 Å². The lowest BCUT2D eigenvalue weighted by molar-refractivity contribution is 1.30. The lowest BCUT2D eigenvalue weighted by Gasteiger charge is -2.12. The largest absolute Gasteiger partial charge is 0.244 e. The monoisotopic (exact) mass is 408 g/mol. The second-order valence-electron chi connectivity index (χ2n) is 7.92. The summed E-state index contributed by atoms with van der Waals surface area (Å²) in [6, 6.07) is 42.0. The standard InChI is InChI=1S/C30H20N2/c1-3-9-21(10-4-1)22-15-17-24(18-16-22)30-29(23-11-5-2-6-12-23)31-27-19-25-13-7-8-14-26(25)20-28(27)32-30/h1-20H. The molecule has 0 atom stereocenters. The fourth-order valence-electron chi connectivity index (χ4n) is 4.19. The van der Waals surface area contributed by atoms with E-state index < -0.39 is 0 Å². The fraction of sp³-hybridized carbons (Fsp3) is 0.